The summed E-state index contributed by atoms with van der Waals surface area (Å²) in [7, 11) is 0. The van der Waals surface area contributed by atoms with Gasteiger partial charge < -0.3 is 15.0 Å². The van der Waals surface area contributed by atoms with Gasteiger partial charge in [0.25, 0.3) is 5.91 Å². The van der Waals surface area contributed by atoms with Crippen LogP contribution in [0.4, 0.5) is 11.5 Å². The van der Waals surface area contributed by atoms with Crippen molar-refractivity contribution in [2.45, 2.75) is 45.3 Å². The van der Waals surface area contributed by atoms with Gasteiger partial charge in [-0.25, -0.2) is 9.97 Å². The predicted octanol–water partition coefficient (Wildman–Crippen LogP) is 4.34. The fourth-order valence-electron chi connectivity index (χ4n) is 2.97. The van der Waals surface area contributed by atoms with Gasteiger partial charge in [-0.3, -0.25) is 4.79 Å². The summed E-state index contributed by atoms with van der Waals surface area (Å²) in [6.45, 7) is 7.96. The van der Waals surface area contributed by atoms with E-state index >= 15 is 0 Å². The number of hydrogen-bond acceptors (Lipinski definition) is 6. The van der Waals surface area contributed by atoms with Gasteiger partial charge in [-0.2, -0.15) is 0 Å². The summed E-state index contributed by atoms with van der Waals surface area (Å²) in [5, 5.41) is 4.66. The molecule has 2 aromatic heterocycles. The number of rotatable bonds is 4. The predicted molar refractivity (Wildman–Crippen MR) is 108 cm³/mol. The first-order valence-electron chi connectivity index (χ1n) is 8.62. The standard InChI is InChI=1S/C18H23BrN4O2S/c1-18(2,3)25-12-6-9-23(10-7-12)15-13(5-4-8-20-15)21-16(24)14-11-26-17(19)22-14/h4-5,8,11-12H,6-7,9-10H2,1-3H3,(H,21,24). The molecule has 0 bridgehead atoms. The fourth-order valence-corrected chi connectivity index (χ4v) is 3.97. The van der Waals surface area contributed by atoms with E-state index < -0.39 is 0 Å². The van der Waals surface area contributed by atoms with E-state index in [-0.39, 0.29) is 17.6 Å². The molecule has 6 nitrogen and oxygen atoms in total. The topological polar surface area (TPSA) is 67.3 Å². The number of ether oxygens (including phenoxy) is 1. The van der Waals surface area contributed by atoms with Gasteiger partial charge in [0.05, 0.1) is 17.4 Å². The zero-order valence-corrected chi connectivity index (χ0v) is 17.6. The van der Waals surface area contributed by atoms with E-state index in [0.29, 0.717) is 15.3 Å². The maximum absolute atomic E-state index is 12.4. The van der Waals surface area contributed by atoms with E-state index in [1.54, 1.807) is 11.6 Å². The van der Waals surface area contributed by atoms with Crippen molar-refractivity contribution >= 4 is 44.7 Å². The SMILES string of the molecule is CC(C)(C)OC1CCN(c2ncccc2NC(=O)c2csc(Br)n2)CC1. The maximum atomic E-state index is 12.4. The Balaban J connectivity index is 1.67. The molecule has 0 unspecified atom stereocenters. The zero-order valence-electron chi connectivity index (χ0n) is 15.2. The summed E-state index contributed by atoms with van der Waals surface area (Å²) < 4.78 is 6.78. The number of carbonyl (C=O) groups is 1. The third kappa shape index (κ3) is 5.02. The van der Waals surface area contributed by atoms with E-state index in [1.165, 1.54) is 11.3 Å². The normalized spacial score (nSPS) is 15.9. The second-order valence-electron chi connectivity index (χ2n) is 7.23. The van der Waals surface area contributed by atoms with Crippen LogP contribution in [0.15, 0.2) is 27.6 Å². The van der Waals surface area contributed by atoms with E-state index in [2.05, 4.69) is 56.9 Å². The molecule has 140 valence electrons. The molecule has 26 heavy (non-hydrogen) atoms. The number of nitrogens with zero attached hydrogens (tertiary/aromatic N) is 3. The maximum Gasteiger partial charge on any atom is 0.275 e. The van der Waals surface area contributed by atoms with Gasteiger partial charge in [0, 0.05) is 24.7 Å². The minimum absolute atomic E-state index is 0.126. The average Bonchev–Trinajstić information content (AvgIpc) is 3.01. The minimum Gasteiger partial charge on any atom is -0.372 e. The lowest BCUT2D eigenvalue weighted by Crippen LogP contribution is -2.40. The summed E-state index contributed by atoms with van der Waals surface area (Å²) in [6.07, 6.45) is 3.91. The van der Waals surface area contributed by atoms with Gasteiger partial charge in [0.1, 0.15) is 5.69 Å². The van der Waals surface area contributed by atoms with Crippen molar-refractivity contribution in [1.29, 1.82) is 0 Å². The van der Waals surface area contributed by atoms with Crippen LogP contribution in [0.2, 0.25) is 0 Å². The molecule has 3 rings (SSSR count). The molecule has 8 heteroatoms. The van der Waals surface area contributed by atoms with Gasteiger partial charge in [0.2, 0.25) is 0 Å². The highest BCUT2D eigenvalue weighted by molar-refractivity contribution is 9.11. The van der Waals surface area contributed by atoms with Gasteiger partial charge in [-0.15, -0.1) is 11.3 Å². The highest BCUT2D eigenvalue weighted by Crippen LogP contribution is 2.28. The number of hydrogen-bond donors (Lipinski definition) is 1. The van der Waals surface area contributed by atoms with Crippen LogP contribution >= 0.6 is 27.3 Å². The summed E-state index contributed by atoms with van der Waals surface area (Å²) in [5.74, 6) is 0.566. The first kappa shape index (κ1) is 19.3. The molecule has 0 aromatic carbocycles. The number of amides is 1. The lowest BCUT2D eigenvalue weighted by atomic mass is 10.1. The highest BCUT2D eigenvalue weighted by atomic mass is 79.9. The van der Waals surface area contributed by atoms with Crippen molar-refractivity contribution in [3.8, 4) is 0 Å². The van der Waals surface area contributed by atoms with E-state index in [4.69, 9.17) is 4.74 Å². The molecule has 1 aliphatic heterocycles. The highest BCUT2D eigenvalue weighted by Gasteiger charge is 2.26. The molecular weight excluding hydrogens is 416 g/mol. The van der Waals surface area contributed by atoms with Gasteiger partial charge >= 0.3 is 0 Å². The number of aromatic nitrogens is 2. The molecule has 3 heterocycles. The van der Waals surface area contributed by atoms with Crippen LogP contribution in [0.3, 0.4) is 0 Å². The Morgan fingerprint density at radius 2 is 2.12 bits per heavy atom. The molecule has 0 atom stereocenters. The summed E-state index contributed by atoms with van der Waals surface area (Å²) >= 11 is 4.67. The van der Waals surface area contributed by atoms with Crippen molar-refractivity contribution in [2.24, 2.45) is 0 Å². The second kappa shape index (κ2) is 8.02. The van der Waals surface area contributed by atoms with Crippen LogP contribution in [0.25, 0.3) is 0 Å². The second-order valence-corrected chi connectivity index (χ2v) is 9.37. The molecule has 0 radical (unpaired) electrons. The summed E-state index contributed by atoms with van der Waals surface area (Å²) in [5.41, 5.74) is 0.976. The zero-order chi connectivity index (χ0) is 18.7. The molecule has 0 aliphatic carbocycles. The average molecular weight is 439 g/mol. The monoisotopic (exact) mass is 438 g/mol. The van der Waals surface area contributed by atoms with Crippen molar-refractivity contribution in [3.63, 3.8) is 0 Å². The first-order chi connectivity index (χ1) is 12.3. The molecule has 1 N–H and O–H groups in total. The Morgan fingerprint density at radius 1 is 1.38 bits per heavy atom. The van der Waals surface area contributed by atoms with Crippen molar-refractivity contribution in [3.05, 3.63) is 33.3 Å². The smallest absolute Gasteiger partial charge is 0.275 e. The van der Waals surface area contributed by atoms with Crippen LogP contribution in [0.5, 0.6) is 0 Å². The van der Waals surface area contributed by atoms with E-state index in [1.807, 2.05) is 12.1 Å². The largest absolute Gasteiger partial charge is 0.372 e. The number of pyridine rings is 1. The molecule has 1 amide bonds. The molecule has 0 spiro atoms. The van der Waals surface area contributed by atoms with Crippen LogP contribution in [-0.2, 0) is 4.74 Å². The Hall–Kier alpha value is -1.51. The number of anilines is 2. The minimum atomic E-state index is -0.229. The van der Waals surface area contributed by atoms with Crippen LogP contribution < -0.4 is 10.2 Å². The van der Waals surface area contributed by atoms with E-state index in [9.17, 15) is 4.79 Å². The van der Waals surface area contributed by atoms with Crippen LogP contribution in [-0.4, -0.2) is 40.7 Å². The molecular formula is C18H23BrN4O2S. The van der Waals surface area contributed by atoms with Crippen LogP contribution in [0, 0.1) is 0 Å². The fraction of sp³-hybridized carbons (Fsp3) is 0.500. The summed E-state index contributed by atoms with van der Waals surface area (Å²) in [6, 6.07) is 3.70. The number of thiazole rings is 1. The lowest BCUT2D eigenvalue weighted by Gasteiger charge is -2.36. The Kier molecular flexibility index (Phi) is 5.94. The van der Waals surface area contributed by atoms with Gasteiger partial charge in [0.15, 0.2) is 9.73 Å². The quantitative estimate of drug-likeness (QED) is 0.768. The van der Waals surface area contributed by atoms with Crippen molar-refractivity contribution in [1.82, 2.24) is 9.97 Å². The van der Waals surface area contributed by atoms with Gasteiger partial charge in [-0.05, 0) is 61.7 Å². The number of nitrogens with one attached hydrogen (secondary N) is 1. The Morgan fingerprint density at radius 3 is 2.73 bits per heavy atom. The third-order valence-electron chi connectivity index (χ3n) is 4.01. The van der Waals surface area contributed by atoms with E-state index in [0.717, 1.165) is 31.7 Å². The molecule has 1 aliphatic rings. The van der Waals surface area contributed by atoms with Crippen molar-refractivity contribution in [2.75, 3.05) is 23.3 Å². The summed E-state index contributed by atoms with van der Waals surface area (Å²) in [4.78, 5) is 23.3. The Labute approximate surface area is 166 Å². The number of halogens is 1. The molecule has 1 fully saturated rings. The Bertz CT molecular complexity index is 767. The molecule has 0 saturated carbocycles. The number of carbonyl (C=O) groups excluding carboxylic acids is 1. The lowest BCUT2D eigenvalue weighted by molar-refractivity contribution is -0.0683. The molecule has 1 saturated heterocycles. The first-order valence-corrected chi connectivity index (χ1v) is 10.3. The third-order valence-corrected chi connectivity index (χ3v) is 5.37. The van der Waals surface area contributed by atoms with Gasteiger partial charge in [-0.1, -0.05) is 0 Å². The number of piperidine rings is 1. The van der Waals surface area contributed by atoms with Crippen molar-refractivity contribution < 1.29 is 9.53 Å². The van der Waals surface area contributed by atoms with Crippen LogP contribution in [0.1, 0.15) is 44.1 Å². The molecule has 2 aromatic rings.